The number of aryl methyl sites for hydroxylation is 2. The van der Waals surface area contributed by atoms with Gasteiger partial charge in [-0.05, 0) is 60.9 Å². The standard InChI is InChI=1S/C21H23ClN6O/c1-15-9-10-23-20(13-15)26-19-7-6-18(27-28-19)24-11-12-25-21(29)8-5-16-3-2-4-17(22)14-16/h2-4,6-7,9-10,13-14H,5,8,11-12H2,1H3,(H,24,27)(H,25,29)(H,23,26,28). The molecular formula is C21H23ClN6O. The molecule has 0 spiro atoms. The number of rotatable bonds is 9. The molecule has 1 amide bonds. The Kier molecular flexibility index (Phi) is 7.35. The molecule has 0 aliphatic carbocycles. The number of pyridine rings is 1. The number of hydrogen-bond donors (Lipinski definition) is 3. The highest BCUT2D eigenvalue weighted by Gasteiger charge is 2.03. The second-order valence-electron chi connectivity index (χ2n) is 6.55. The summed E-state index contributed by atoms with van der Waals surface area (Å²) in [5, 5.41) is 18.1. The first kappa shape index (κ1) is 20.5. The highest BCUT2D eigenvalue weighted by molar-refractivity contribution is 6.30. The fourth-order valence-corrected chi connectivity index (χ4v) is 2.87. The minimum atomic E-state index is 0.00284. The Balaban J connectivity index is 1.35. The average Bonchev–Trinajstić information content (AvgIpc) is 2.71. The summed E-state index contributed by atoms with van der Waals surface area (Å²) in [6, 6.07) is 15.1. The molecule has 0 radical (unpaired) electrons. The Bertz CT molecular complexity index is 948. The monoisotopic (exact) mass is 410 g/mol. The highest BCUT2D eigenvalue weighted by Crippen LogP contribution is 2.13. The summed E-state index contributed by atoms with van der Waals surface area (Å²) >= 11 is 5.95. The van der Waals surface area contributed by atoms with Crippen LogP contribution in [0.5, 0.6) is 0 Å². The van der Waals surface area contributed by atoms with Crippen LogP contribution in [0, 0.1) is 6.92 Å². The Morgan fingerprint density at radius 2 is 1.83 bits per heavy atom. The topological polar surface area (TPSA) is 91.8 Å². The maximum atomic E-state index is 11.9. The van der Waals surface area contributed by atoms with E-state index in [-0.39, 0.29) is 5.91 Å². The minimum absolute atomic E-state index is 0.00284. The van der Waals surface area contributed by atoms with Gasteiger partial charge in [-0.1, -0.05) is 23.7 Å². The summed E-state index contributed by atoms with van der Waals surface area (Å²) in [5.74, 6) is 1.98. The number of nitrogens with one attached hydrogen (secondary N) is 3. The molecule has 0 saturated carbocycles. The van der Waals surface area contributed by atoms with Crippen LogP contribution in [0.4, 0.5) is 17.5 Å². The van der Waals surface area contributed by atoms with Gasteiger partial charge in [0.15, 0.2) is 5.82 Å². The SMILES string of the molecule is Cc1ccnc(Nc2ccc(NCCNC(=O)CCc3cccc(Cl)c3)nn2)c1. The summed E-state index contributed by atoms with van der Waals surface area (Å²) in [6.45, 7) is 3.06. The van der Waals surface area contributed by atoms with Gasteiger partial charge >= 0.3 is 0 Å². The smallest absolute Gasteiger partial charge is 0.220 e. The molecule has 0 atom stereocenters. The van der Waals surface area contributed by atoms with Crippen molar-refractivity contribution in [3.63, 3.8) is 0 Å². The van der Waals surface area contributed by atoms with Crippen LogP contribution in [0.25, 0.3) is 0 Å². The van der Waals surface area contributed by atoms with E-state index in [4.69, 9.17) is 11.6 Å². The zero-order valence-corrected chi connectivity index (χ0v) is 16.9. The van der Waals surface area contributed by atoms with Crippen molar-refractivity contribution in [2.45, 2.75) is 19.8 Å². The van der Waals surface area contributed by atoms with E-state index in [1.807, 2.05) is 55.5 Å². The van der Waals surface area contributed by atoms with Crippen molar-refractivity contribution in [2.24, 2.45) is 0 Å². The van der Waals surface area contributed by atoms with Gasteiger partial charge in [0.05, 0.1) is 0 Å². The lowest BCUT2D eigenvalue weighted by Gasteiger charge is -2.08. The molecule has 0 bridgehead atoms. The van der Waals surface area contributed by atoms with Gasteiger partial charge in [0.1, 0.15) is 11.6 Å². The second kappa shape index (κ2) is 10.4. The van der Waals surface area contributed by atoms with Gasteiger partial charge in [0.25, 0.3) is 0 Å². The highest BCUT2D eigenvalue weighted by atomic mass is 35.5. The van der Waals surface area contributed by atoms with Crippen LogP contribution in [0.3, 0.4) is 0 Å². The normalized spacial score (nSPS) is 10.4. The van der Waals surface area contributed by atoms with E-state index in [1.54, 1.807) is 6.20 Å². The van der Waals surface area contributed by atoms with Gasteiger partial charge in [0, 0.05) is 30.7 Å². The average molecular weight is 411 g/mol. The van der Waals surface area contributed by atoms with Crippen LogP contribution < -0.4 is 16.0 Å². The summed E-state index contributed by atoms with van der Waals surface area (Å²) in [7, 11) is 0. The van der Waals surface area contributed by atoms with Crippen molar-refractivity contribution in [1.29, 1.82) is 0 Å². The molecule has 0 aliphatic rings. The van der Waals surface area contributed by atoms with Crippen LogP contribution in [0.1, 0.15) is 17.5 Å². The zero-order chi connectivity index (χ0) is 20.5. The van der Waals surface area contributed by atoms with Gasteiger partial charge in [-0.2, -0.15) is 0 Å². The van der Waals surface area contributed by atoms with E-state index >= 15 is 0 Å². The quantitative estimate of drug-likeness (QED) is 0.465. The fraction of sp³-hybridized carbons (Fsp3) is 0.238. The molecule has 150 valence electrons. The molecule has 0 saturated heterocycles. The molecule has 29 heavy (non-hydrogen) atoms. The molecular weight excluding hydrogens is 388 g/mol. The van der Waals surface area contributed by atoms with Gasteiger partial charge in [-0.15, -0.1) is 10.2 Å². The predicted molar refractivity (Wildman–Crippen MR) is 116 cm³/mol. The number of anilines is 3. The van der Waals surface area contributed by atoms with Crippen molar-refractivity contribution in [1.82, 2.24) is 20.5 Å². The summed E-state index contributed by atoms with van der Waals surface area (Å²) in [4.78, 5) is 16.2. The molecule has 7 nitrogen and oxygen atoms in total. The van der Waals surface area contributed by atoms with E-state index in [0.717, 1.165) is 16.9 Å². The minimum Gasteiger partial charge on any atom is -0.367 e. The van der Waals surface area contributed by atoms with Crippen molar-refractivity contribution in [3.8, 4) is 0 Å². The molecule has 1 aromatic carbocycles. The van der Waals surface area contributed by atoms with Crippen LogP contribution in [-0.4, -0.2) is 34.2 Å². The lowest BCUT2D eigenvalue weighted by Crippen LogP contribution is -2.29. The Morgan fingerprint density at radius 3 is 2.59 bits per heavy atom. The molecule has 0 fully saturated rings. The van der Waals surface area contributed by atoms with Gasteiger partial charge in [-0.25, -0.2) is 4.98 Å². The number of carbonyl (C=O) groups excluding carboxylic acids is 1. The number of carbonyl (C=O) groups is 1. The zero-order valence-electron chi connectivity index (χ0n) is 16.2. The number of halogens is 1. The van der Waals surface area contributed by atoms with Crippen molar-refractivity contribution >= 4 is 35.0 Å². The molecule has 2 aromatic heterocycles. The molecule has 8 heteroatoms. The Labute approximate surface area is 174 Å². The van der Waals surface area contributed by atoms with Gasteiger partial charge in [0.2, 0.25) is 5.91 Å². The Hall–Kier alpha value is -3.19. The van der Waals surface area contributed by atoms with Gasteiger partial charge < -0.3 is 16.0 Å². The first-order valence-electron chi connectivity index (χ1n) is 9.37. The number of hydrogen-bond acceptors (Lipinski definition) is 6. The van der Waals surface area contributed by atoms with Crippen LogP contribution in [0.2, 0.25) is 5.02 Å². The first-order valence-corrected chi connectivity index (χ1v) is 9.75. The third-order valence-electron chi connectivity index (χ3n) is 4.12. The number of amides is 1. The molecule has 0 unspecified atom stereocenters. The lowest BCUT2D eigenvalue weighted by molar-refractivity contribution is -0.120. The van der Waals surface area contributed by atoms with Crippen molar-refractivity contribution in [3.05, 3.63) is 70.9 Å². The molecule has 3 N–H and O–H groups in total. The van der Waals surface area contributed by atoms with Crippen molar-refractivity contribution in [2.75, 3.05) is 23.7 Å². The van der Waals surface area contributed by atoms with E-state index < -0.39 is 0 Å². The molecule has 0 aliphatic heterocycles. The fourth-order valence-electron chi connectivity index (χ4n) is 2.66. The van der Waals surface area contributed by atoms with E-state index in [2.05, 4.69) is 31.1 Å². The Morgan fingerprint density at radius 1 is 1.00 bits per heavy atom. The number of aromatic nitrogens is 3. The second-order valence-corrected chi connectivity index (χ2v) is 6.99. The van der Waals surface area contributed by atoms with E-state index in [0.29, 0.717) is 42.6 Å². The number of nitrogens with zero attached hydrogens (tertiary/aromatic N) is 3. The summed E-state index contributed by atoms with van der Waals surface area (Å²) < 4.78 is 0. The third kappa shape index (κ3) is 7.04. The predicted octanol–water partition coefficient (Wildman–Crippen LogP) is 3.74. The van der Waals surface area contributed by atoms with Crippen molar-refractivity contribution < 1.29 is 4.79 Å². The lowest BCUT2D eigenvalue weighted by atomic mass is 10.1. The van der Waals surface area contributed by atoms with Crippen LogP contribution in [0.15, 0.2) is 54.7 Å². The number of benzene rings is 1. The van der Waals surface area contributed by atoms with Crippen LogP contribution in [-0.2, 0) is 11.2 Å². The summed E-state index contributed by atoms with van der Waals surface area (Å²) in [5.41, 5.74) is 2.17. The van der Waals surface area contributed by atoms with E-state index in [1.165, 1.54) is 0 Å². The molecule has 2 heterocycles. The maximum absolute atomic E-state index is 11.9. The maximum Gasteiger partial charge on any atom is 0.220 e. The largest absolute Gasteiger partial charge is 0.367 e. The van der Waals surface area contributed by atoms with E-state index in [9.17, 15) is 4.79 Å². The molecule has 3 rings (SSSR count). The summed E-state index contributed by atoms with van der Waals surface area (Å²) in [6.07, 6.45) is 2.83. The third-order valence-corrected chi connectivity index (χ3v) is 4.35. The molecule has 3 aromatic rings. The first-order chi connectivity index (χ1) is 14.1. The van der Waals surface area contributed by atoms with Crippen LogP contribution >= 0.6 is 11.6 Å². The van der Waals surface area contributed by atoms with Gasteiger partial charge in [-0.3, -0.25) is 4.79 Å².